The van der Waals surface area contributed by atoms with Crippen LogP contribution in [0.5, 0.6) is 0 Å². The zero-order valence-electron chi connectivity index (χ0n) is 8.16. The van der Waals surface area contributed by atoms with E-state index in [0.717, 1.165) is 23.2 Å². The highest BCUT2D eigenvalue weighted by Crippen LogP contribution is 2.64. The average Bonchev–Trinajstić information content (AvgIpc) is 2.06. The first kappa shape index (κ1) is 9.74. The van der Waals surface area contributed by atoms with Crippen LogP contribution < -0.4 is 0 Å². The van der Waals surface area contributed by atoms with E-state index in [1.807, 2.05) is 0 Å². The smallest absolute Gasteiger partial charge is 0.0118 e. The minimum atomic E-state index is -1.00. The SMILES string of the molecule is C[C@@H]1[C@H](C)[C@H](C)P(C)(=S)[C@@H]1C. The Labute approximate surface area is 75.8 Å². The third-order valence-corrected chi connectivity index (χ3v) is 10.1. The molecule has 0 aromatic heterocycles. The van der Waals surface area contributed by atoms with Crippen molar-refractivity contribution in [2.45, 2.75) is 39.0 Å². The van der Waals surface area contributed by atoms with E-state index in [-0.39, 0.29) is 0 Å². The normalized spacial score (nSPS) is 58.3. The molecule has 2 heteroatoms. The zero-order chi connectivity index (χ0) is 8.81. The van der Waals surface area contributed by atoms with Crippen molar-refractivity contribution in [3.63, 3.8) is 0 Å². The van der Waals surface area contributed by atoms with Gasteiger partial charge in [0.2, 0.25) is 0 Å². The van der Waals surface area contributed by atoms with Crippen molar-refractivity contribution in [2.75, 3.05) is 6.66 Å². The summed E-state index contributed by atoms with van der Waals surface area (Å²) >= 11 is 5.72. The third kappa shape index (κ3) is 1.31. The molecule has 0 nitrogen and oxygen atoms in total. The standard InChI is InChI=1S/C9H19PS/c1-6-7(2)9(4)10(5,11)8(6)3/h6-9H,1-5H3/t6-,7+,8-,9+,10?. The fourth-order valence-electron chi connectivity index (χ4n) is 2.18. The van der Waals surface area contributed by atoms with Crippen LogP contribution in [0.15, 0.2) is 0 Å². The summed E-state index contributed by atoms with van der Waals surface area (Å²) in [5.41, 5.74) is 1.62. The van der Waals surface area contributed by atoms with Crippen molar-refractivity contribution in [1.29, 1.82) is 0 Å². The van der Waals surface area contributed by atoms with Crippen LogP contribution in [0.25, 0.3) is 0 Å². The summed E-state index contributed by atoms with van der Waals surface area (Å²) < 4.78 is 0. The van der Waals surface area contributed by atoms with E-state index in [1.54, 1.807) is 0 Å². The maximum absolute atomic E-state index is 5.72. The molecule has 1 heterocycles. The van der Waals surface area contributed by atoms with E-state index >= 15 is 0 Å². The second-order valence-electron chi connectivity index (χ2n) is 4.26. The Morgan fingerprint density at radius 1 is 0.909 bits per heavy atom. The number of hydrogen-bond acceptors (Lipinski definition) is 1. The predicted octanol–water partition coefficient (Wildman–Crippen LogP) is 3.16. The van der Waals surface area contributed by atoms with Crippen LogP contribution in [0, 0.1) is 11.8 Å². The highest BCUT2D eigenvalue weighted by molar-refractivity contribution is 8.15. The molecule has 0 spiro atoms. The van der Waals surface area contributed by atoms with Gasteiger partial charge in [-0.25, -0.2) is 0 Å². The Morgan fingerprint density at radius 3 is 1.27 bits per heavy atom. The quantitative estimate of drug-likeness (QED) is 0.529. The van der Waals surface area contributed by atoms with E-state index in [4.69, 9.17) is 11.8 Å². The van der Waals surface area contributed by atoms with Crippen LogP contribution in [0.4, 0.5) is 0 Å². The van der Waals surface area contributed by atoms with Crippen LogP contribution in [0.2, 0.25) is 0 Å². The molecule has 0 amide bonds. The second kappa shape index (κ2) is 2.85. The van der Waals surface area contributed by atoms with Gasteiger partial charge in [0.05, 0.1) is 0 Å². The van der Waals surface area contributed by atoms with Crippen molar-refractivity contribution in [3.05, 3.63) is 0 Å². The molecule has 0 bridgehead atoms. The van der Waals surface area contributed by atoms with Gasteiger partial charge >= 0.3 is 0 Å². The zero-order valence-corrected chi connectivity index (χ0v) is 9.88. The predicted molar refractivity (Wildman–Crippen MR) is 57.5 cm³/mol. The summed E-state index contributed by atoms with van der Waals surface area (Å²) in [5.74, 6) is 1.70. The van der Waals surface area contributed by atoms with Crippen LogP contribution in [-0.2, 0) is 11.8 Å². The number of hydrogen-bond donors (Lipinski definition) is 0. The topological polar surface area (TPSA) is 0 Å². The minimum absolute atomic E-state index is 0.808. The summed E-state index contributed by atoms with van der Waals surface area (Å²) in [6, 6.07) is -1.00. The van der Waals surface area contributed by atoms with Gasteiger partial charge in [0.15, 0.2) is 0 Å². The van der Waals surface area contributed by atoms with Gasteiger partial charge in [-0.05, 0) is 35.9 Å². The fourth-order valence-corrected chi connectivity index (χ4v) is 6.49. The molecule has 1 saturated heterocycles. The molecule has 0 saturated carbocycles. The van der Waals surface area contributed by atoms with Gasteiger partial charge < -0.3 is 0 Å². The van der Waals surface area contributed by atoms with Crippen LogP contribution >= 0.6 is 6.04 Å². The monoisotopic (exact) mass is 190 g/mol. The molecular formula is C9H19PS. The molecule has 1 aliphatic heterocycles. The lowest BCUT2D eigenvalue weighted by Gasteiger charge is -2.21. The van der Waals surface area contributed by atoms with Crippen LogP contribution in [0.1, 0.15) is 27.7 Å². The molecule has 5 atom stereocenters. The van der Waals surface area contributed by atoms with Gasteiger partial charge in [-0.3, -0.25) is 0 Å². The minimum Gasteiger partial charge on any atom is -0.0972 e. The van der Waals surface area contributed by atoms with Crippen molar-refractivity contribution < 1.29 is 0 Å². The largest absolute Gasteiger partial charge is 0.0972 e. The molecular weight excluding hydrogens is 171 g/mol. The van der Waals surface area contributed by atoms with Gasteiger partial charge in [0, 0.05) is 0 Å². The molecule has 0 aromatic rings. The van der Waals surface area contributed by atoms with Crippen molar-refractivity contribution >= 4 is 17.8 Å². The Kier molecular flexibility index (Phi) is 2.52. The summed E-state index contributed by atoms with van der Waals surface area (Å²) in [4.78, 5) is 0. The van der Waals surface area contributed by atoms with Gasteiger partial charge in [-0.1, -0.05) is 39.5 Å². The number of rotatable bonds is 0. The molecule has 11 heavy (non-hydrogen) atoms. The molecule has 66 valence electrons. The van der Waals surface area contributed by atoms with Gasteiger partial charge in [0.25, 0.3) is 0 Å². The Hall–Kier alpha value is 0.650. The lowest BCUT2D eigenvalue weighted by molar-refractivity contribution is 0.413. The Morgan fingerprint density at radius 2 is 1.18 bits per heavy atom. The molecule has 0 N–H and O–H groups in total. The first-order chi connectivity index (χ1) is 4.89. The van der Waals surface area contributed by atoms with E-state index in [0.29, 0.717) is 0 Å². The maximum atomic E-state index is 5.72. The highest BCUT2D eigenvalue weighted by Gasteiger charge is 2.43. The van der Waals surface area contributed by atoms with Gasteiger partial charge in [0.1, 0.15) is 0 Å². The van der Waals surface area contributed by atoms with Crippen LogP contribution in [0.3, 0.4) is 0 Å². The molecule has 1 unspecified atom stereocenters. The molecule has 0 aromatic carbocycles. The Balaban J connectivity index is 2.96. The highest BCUT2D eigenvalue weighted by atomic mass is 32.4. The van der Waals surface area contributed by atoms with Crippen LogP contribution in [-0.4, -0.2) is 18.0 Å². The second-order valence-corrected chi connectivity index (χ2v) is 10.4. The molecule has 1 aliphatic rings. The fraction of sp³-hybridized carbons (Fsp3) is 1.00. The van der Waals surface area contributed by atoms with Crippen molar-refractivity contribution in [2.24, 2.45) is 11.8 Å². The summed E-state index contributed by atoms with van der Waals surface area (Å²) in [6.45, 7) is 11.8. The Bertz CT molecular complexity index is 182. The first-order valence-electron chi connectivity index (χ1n) is 4.46. The molecule has 1 fully saturated rings. The molecule has 0 radical (unpaired) electrons. The van der Waals surface area contributed by atoms with Crippen molar-refractivity contribution in [3.8, 4) is 0 Å². The summed E-state index contributed by atoms with van der Waals surface area (Å²) in [5, 5.41) is 0. The summed E-state index contributed by atoms with van der Waals surface area (Å²) in [6.07, 6.45) is 0. The van der Waals surface area contributed by atoms with E-state index < -0.39 is 6.04 Å². The third-order valence-electron chi connectivity index (χ3n) is 3.97. The maximum Gasteiger partial charge on any atom is -0.0118 e. The van der Waals surface area contributed by atoms with E-state index in [2.05, 4.69) is 34.4 Å². The van der Waals surface area contributed by atoms with E-state index in [1.165, 1.54) is 0 Å². The average molecular weight is 190 g/mol. The molecule has 0 aliphatic carbocycles. The first-order valence-corrected chi connectivity index (χ1v) is 7.84. The van der Waals surface area contributed by atoms with E-state index in [9.17, 15) is 0 Å². The lowest BCUT2D eigenvalue weighted by atomic mass is 9.92. The lowest BCUT2D eigenvalue weighted by Crippen LogP contribution is -2.12. The molecule has 1 rings (SSSR count). The van der Waals surface area contributed by atoms with Gasteiger partial charge in [-0.2, -0.15) is 0 Å². The van der Waals surface area contributed by atoms with Gasteiger partial charge in [-0.15, -0.1) is 0 Å². The summed E-state index contributed by atoms with van der Waals surface area (Å²) in [7, 11) is 0. The van der Waals surface area contributed by atoms with Crippen molar-refractivity contribution in [1.82, 2.24) is 0 Å².